The molecule has 0 spiro atoms. The van der Waals surface area contributed by atoms with Gasteiger partial charge in [0.1, 0.15) is 0 Å². The minimum atomic E-state index is 0. The molecule has 0 saturated heterocycles. The van der Waals surface area contributed by atoms with E-state index in [1.54, 1.807) is 20.3 Å². The summed E-state index contributed by atoms with van der Waals surface area (Å²) in [6.07, 6.45) is 9.64. The first-order valence-electron chi connectivity index (χ1n) is 9.11. The summed E-state index contributed by atoms with van der Waals surface area (Å²) in [7, 11) is 5.28. The molecule has 4 heteroatoms. The molecule has 0 saturated carbocycles. The van der Waals surface area contributed by atoms with Gasteiger partial charge in [-0.3, -0.25) is 4.79 Å². The lowest BCUT2D eigenvalue weighted by Crippen LogP contribution is -2.11. The summed E-state index contributed by atoms with van der Waals surface area (Å²) in [5.74, 6) is 0.00463. The quantitative estimate of drug-likeness (QED) is 0.440. The van der Waals surface area contributed by atoms with Crippen LogP contribution in [0.15, 0.2) is 17.1 Å². The van der Waals surface area contributed by atoms with Crippen LogP contribution in [0.3, 0.4) is 0 Å². The smallest absolute Gasteiger partial charge is 0.216 e. The van der Waals surface area contributed by atoms with Crippen molar-refractivity contribution in [2.24, 2.45) is 4.99 Å². The molecule has 0 aromatic carbocycles. The van der Waals surface area contributed by atoms with Gasteiger partial charge in [-0.1, -0.05) is 66.0 Å². The molecule has 0 fully saturated rings. The Morgan fingerprint density at radius 2 is 1.17 bits per heavy atom. The molecule has 0 aromatic heterocycles. The number of rotatable bonds is 2. The number of nitrogens with one attached hydrogen (secondary N) is 2. The predicted octanol–water partition coefficient (Wildman–Crippen LogP) is 6.47. The molecule has 0 atom stereocenters. The number of hydrogen-bond donors (Lipinski definition) is 2. The van der Waals surface area contributed by atoms with E-state index in [0.717, 1.165) is 6.54 Å². The van der Waals surface area contributed by atoms with Crippen molar-refractivity contribution < 1.29 is 10.5 Å². The summed E-state index contributed by atoms with van der Waals surface area (Å²) in [6, 6.07) is 0. The molecule has 0 heterocycles. The van der Waals surface area contributed by atoms with E-state index in [1.807, 2.05) is 40.0 Å². The maximum atomic E-state index is 9.70. The number of aliphatic imine (C=N–C) groups is 1. The van der Waals surface area contributed by atoms with Crippen LogP contribution >= 0.6 is 0 Å². The van der Waals surface area contributed by atoms with Crippen LogP contribution in [0, 0.1) is 0 Å². The van der Waals surface area contributed by atoms with E-state index in [4.69, 9.17) is 0 Å². The summed E-state index contributed by atoms with van der Waals surface area (Å²) < 4.78 is 0. The first-order chi connectivity index (χ1) is 11.3. The van der Waals surface area contributed by atoms with Crippen LogP contribution in [0.25, 0.3) is 0 Å². The van der Waals surface area contributed by atoms with Crippen molar-refractivity contribution >= 4 is 12.1 Å². The number of amides is 1. The molecule has 0 aliphatic rings. The van der Waals surface area contributed by atoms with E-state index in [2.05, 4.69) is 50.2 Å². The predicted molar refractivity (Wildman–Crippen MR) is 125 cm³/mol. The highest BCUT2D eigenvalue weighted by molar-refractivity contribution is 5.72. The topological polar surface area (TPSA) is 53.5 Å². The number of allylic oxidation sites excluding steroid dienone is 2. The maximum absolute atomic E-state index is 9.70. The summed E-state index contributed by atoms with van der Waals surface area (Å²) in [4.78, 5) is 13.3. The molecule has 0 radical (unpaired) electrons. The third-order valence-electron chi connectivity index (χ3n) is 1.80. The average Bonchev–Trinajstić information content (AvgIpc) is 2.63. The van der Waals surface area contributed by atoms with E-state index in [1.165, 1.54) is 26.2 Å². The molecule has 0 aliphatic heterocycles. The van der Waals surface area contributed by atoms with Crippen molar-refractivity contribution in [2.45, 2.75) is 81.6 Å². The Morgan fingerprint density at radius 1 is 0.958 bits per heavy atom. The molecule has 0 unspecified atom stereocenters. The summed E-state index contributed by atoms with van der Waals surface area (Å²) in [5, 5.41) is 5.32. The van der Waals surface area contributed by atoms with E-state index < -0.39 is 0 Å². The monoisotopic (exact) mass is 355 g/mol. The third kappa shape index (κ3) is 350. The van der Waals surface area contributed by atoms with Gasteiger partial charge in [-0.15, -0.1) is 0 Å². The van der Waals surface area contributed by atoms with Gasteiger partial charge in [0, 0.05) is 26.7 Å². The lowest BCUT2D eigenvalue weighted by Gasteiger charge is -1.80. The molecule has 24 heavy (non-hydrogen) atoms. The van der Waals surface area contributed by atoms with Crippen LogP contribution in [-0.4, -0.2) is 39.8 Å². The van der Waals surface area contributed by atoms with E-state index in [9.17, 15) is 4.79 Å². The standard InChI is InChI=1S/C4H10.C4H8.C3H7NO.C3H9N.C3H7N.C3H8.4H2/c2*1-3-4-2;1-3(5)4-2;2*1-3-4-2;1-3-2;;;;/h3-4H2,1-2H3;3-4H,1-2H3;1-2H3,(H,4,5);4H,3H2,1-2H3;3H,1-2H3;3H2,1-2H3;4*1H. The third-order valence-corrected chi connectivity index (χ3v) is 1.80. The number of carbonyl (C=O) groups excluding carboxylic acids is 1. The highest BCUT2D eigenvalue weighted by Crippen LogP contribution is 1.76. The Hall–Kier alpha value is -1.16. The second-order valence-electron chi connectivity index (χ2n) is 4.40. The lowest BCUT2D eigenvalue weighted by molar-refractivity contribution is -0.118. The van der Waals surface area contributed by atoms with Crippen LogP contribution in [-0.2, 0) is 4.79 Å². The molecule has 0 aromatic rings. The van der Waals surface area contributed by atoms with E-state index in [0.29, 0.717) is 0 Å². The van der Waals surface area contributed by atoms with Crippen molar-refractivity contribution in [1.82, 2.24) is 10.6 Å². The normalized spacial score (nSPS) is 7.83. The zero-order valence-corrected chi connectivity index (χ0v) is 18.9. The van der Waals surface area contributed by atoms with E-state index in [-0.39, 0.29) is 11.6 Å². The Kier molecular flexibility index (Phi) is 108. The van der Waals surface area contributed by atoms with Gasteiger partial charge >= 0.3 is 0 Å². The summed E-state index contributed by atoms with van der Waals surface area (Å²) in [5.41, 5.74) is 0. The molecule has 0 rings (SSSR count). The first-order valence-corrected chi connectivity index (χ1v) is 9.11. The molecule has 0 aliphatic carbocycles. The fraction of sp³-hybridized carbons (Fsp3) is 0.800. The van der Waals surface area contributed by atoms with Gasteiger partial charge in [0.25, 0.3) is 0 Å². The van der Waals surface area contributed by atoms with Crippen molar-refractivity contribution in [3.8, 4) is 0 Å². The fourth-order valence-electron chi connectivity index (χ4n) is 0. The Labute approximate surface area is 160 Å². The number of hydrogen-bond acceptors (Lipinski definition) is 3. The SMILES string of the molecule is CC=CC.CC=NC.CCC.CCCC.CCNC.CNC(C)=O.[HH].[HH].[HH].[HH]. The zero-order valence-electron chi connectivity index (χ0n) is 18.9. The van der Waals surface area contributed by atoms with Crippen molar-refractivity contribution in [1.29, 1.82) is 0 Å². The van der Waals surface area contributed by atoms with Gasteiger partial charge in [-0.25, -0.2) is 0 Å². The van der Waals surface area contributed by atoms with Gasteiger partial charge in [0.05, 0.1) is 0 Å². The number of unbranched alkanes of at least 4 members (excludes halogenated alkanes) is 1. The first kappa shape index (κ1) is 38.4. The van der Waals surface area contributed by atoms with Gasteiger partial charge in [0.15, 0.2) is 0 Å². The van der Waals surface area contributed by atoms with Crippen molar-refractivity contribution in [3.63, 3.8) is 0 Å². The molecular formula is C20H57N3O. The number of carbonyl (C=O) groups is 1. The Balaban J connectivity index is -0.0000000170. The highest BCUT2D eigenvalue weighted by Gasteiger charge is 1.72. The molecule has 158 valence electrons. The molecule has 0 bridgehead atoms. The minimum absolute atomic E-state index is 0. The number of nitrogens with zero attached hydrogens (tertiary/aromatic N) is 1. The van der Waals surface area contributed by atoms with Crippen LogP contribution in [0.5, 0.6) is 0 Å². The maximum Gasteiger partial charge on any atom is 0.216 e. The molecule has 4 nitrogen and oxygen atoms in total. The molecular weight excluding hydrogens is 298 g/mol. The Morgan fingerprint density at radius 3 is 1.17 bits per heavy atom. The van der Waals surface area contributed by atoms with E-state index >= 15 is 0 Å². The molecule has 1 amide bonds. The van der Waals surface area contributed by atoms with Crippen molar-refractivity contribution in [3.05, 3.63) is 12.2 Å². The minimum Gasteiger partial charge on any atom is -0.359 e. The van der Waals surface area contributed by atoms with Gasteiger partial charge in [-0.05, 0) is 40.6 Å². The van der Waals surface area contributed by atoms with Crippen molar-refractivity contribution in [2.75, 3.05) is 27.7 Å². The van der Waals surface area contributed by atoms with Gasteiger partial charge in [0.2, 0.25) is 5.91 Å². The van der Waals surface area contributed by atoms with Crippen LogP contribution in [0.4, 0.5) is 0 Å². The average molecular weight is 356 g/mol. The zero-order chi connectivity index (χ0) is 20.6. The van der Waals surface area contributed by atoms with Gasteiger partial charge in [-0.2, -0.15) is 0 Å². The highest BCUT2D eigenvalue weighted by atomic mass is 16.1. The second-order valence-corrected chi connectivity index (χ2v) is 4.40. The summed E-state index contributed by atoms with van der Waals surface area (Å²) in [6.45, 7) is 19.1. The Bertz CT molecular complexity index is 194. The largest absolute Gasteiger partial charge is 0.359 e. The van der Waals surface area contributed by atoms with Crippen LogP contribution in [0.1, 0.15) is 87.3 Å². The van der Waals surface area contributed by atoms with Crippen LogP contribution < -0.4 is 10.6 Å². The summed E-state index contributed by atoms with van der Waals surface area (Å²) >= 11 is 0. The molecule has 2 N–H and O–H groups in total. The fourth-order valence-corrected chi connectivity index (χ4v) is 0. The lowest BCUT2D eigenvalue weighted by atomic mass is 10.4. The second kappa shape index (κ2) is 67.7. The van der Waals surface area contributed by atoms with Gasteiger partial charge < -0.3 is 15.6 Å². The van der Waals surface area contributed by atoms with Crippen LogP contribution in [0.2, 0.25) is 0 Å².